The lowest BCUT2D eigenvalue weighted by Crippen LogP contribution is -2.37. The number of anilines is 1. The number of thiophene rings is 1. The molecule has 1 fully saturated rings. The quantitative estimate of drug-likeness (QED) is 0.848. The summed E-state index contributed by atoms with van der Waals surface area (Å²) in [5, 5.41) is 1.58. The lowest BCUT2D eigenvalue weighted by Gasteiger charge is -2.26. The summed E-state index contributed by atoms with van der Waals surface area (Å²) in [6, 6.07) is 1.42. The van der Waals surface area contributed by atoms with Gasteiger partial charge in [0.15, 0.2) is 0 Å². The van der Waals surface area contributed by atoms with Gasteiger partial charge in [-0.2, -0.15) is 0 Å². The Kier molecular flexibility index (Phi) is 5.00. The van der Waals surface area contributed by atoms with E-state index >= 15 is 0 Å². The van der Waals surface area contributed by atoms with Gasteiger partial charge in [0.2, 0.25) is 15.9 Å². The van der Waals surface area contributed by atoms with Crippen LogP contribution in [0.2, 0.25) is 0 Å². The number of carbonyl (C=O) groups is 1. The van der Waals surface area contributed by atoms with Crippen LogP contribution in [0.1, 0.15) is 25.7 Å². The molecule has 1 aromatic rings. The average molecular weight is 317 g/mol. The molecular formula is C12H19N3O3S2. The number of amides is 1. The number of rotatable bonds is 5. The zero-order chi connectivity index (χ0) is 14.6. The SMILES string of the molecule is Nc1csc(S(=O)(=O)NCCC(=O)N2CCCCC2)c1. The zero-order valence-electron chi connectivity index (χ0n) is 11.2. The Morgan fingerprint density at radius 2 is 2.05 bits per heavy atom. The number of hydrogen-bond acceptors (Lipinski definition) is 5. The van der Waals surface area contributed by atoms with Crippen molar-refractivity contribution in [2.45, 2.75) is 29.9 Å². The van der Waals surface area contributed by atoms with E-state index in [-0.39, 0.29) is 23.1 Å². The first-order valence-corrected chi connectivity index (χ1v) is 8.97. The van der Waals surface area contributed by atoms with Gasteiger partial charge in [-0.05, 0) is 25.3 Å². The normalized spacial score (nSPS) is 16.3. The van der Waals surface area contributed by atoms with Gasteiger partial charge in [0, 0.05) is 37.1 Å². The number of nitrogens with one attached hydrogen (secondary N) is 1. The number of nitrogen functional groups attached to an aromatic ring is 1. The molecule has 3 N–H and O–H groups in total. The Labute approximate surface area is 123 Å². The molecule has 8 heteroatoms. The van der Waals surface area contributed by atoms with Crippen LogP contribution in [0.15, 0.2) is 15.7 Å². The van der Waals surface area contributed by atoms with Crippen LogP contribution in [-0.4, -0.2) is 38.9 Å². The number of piperidine rings is 1. The molecule has 20 heavy (non-hydrogen) atoms. The standard InChI is InChI=1S/C12H19N3O3S2/c13-10-8-12(19-9-10)20(17,18)14-5-4-11(16)15-6-2-1-3-7-15/h8-9,14H,1-7,13H2. The van der Waals surface area contributed by atoms with Crippen molar-refractivity contribution in [3.8, 4) is 0 Å². The maximum absolute atomic E-state index is 11.9. The van der Waals surface area contributed by atoms with Crippen LogP contribution >= 0.6 is 11.3 Å². The molecule has 0 aliphatic carbocycles. The fourth-order valence-corrected chi connectivity index (χ4v) is 4.29. The Balaban J connectivity index is 1.81. The minimum absolute atomic E-state index is 0.0121. The molecule has 2 heterocycles. The zero-order valence-corrected chi connectivity index (χ0v) is 12.8. The van der Waals surface area contributed by atoms with Gasteiger partial charge in [0.05, 0.1) is 0 Å². The molecule has 0 spiro atoms. The van der Waals surface area contributed by atoms with Crippen molar-refractivity contribution in [2.24, 2.45) is 0 Å². The van der Waals surface area contributed by atoms with Gasteiger partial charge in [-0.1, -0.05) is 0 Å². The van der Waals surface area contributed by atoms with Crippen molar-refractivity contribution >= 4 is 33.0 Å². The Bertz CT molecular complexity index is 562. The Morgan fingerprint density at radius 1 is 1.35 bits per heavy atom. The fourth-order valence-electron chi connectivity index (χ4n) is 2.14. The first-order chi connectivity index (χ1) is 9.49. The van der Waals surface area contributed by atoms with Gasteiger partial charge in [0.1, 0.15) is 4.21 Å². The highest BCUT2D eigenvalue weighted by Crippen LogP contribution is 2.21. The summed E-state index contributed by atoms with van der Waals surface area (Å²) in [6.07, 6.45) is 3.42. The van der Waals surface area contributed by atoms with E-state index in [1.165, 1.54) is 6.07 Å². The van der Waals surface area contributed by atoms with Crippen LogP contribution < -0.4 is 10.5 Å². The van der Waals surface area contributed by atoms with E-state index in [2.05, 4.69) is 4.72 Å². The first-order valence-electron chi connectivity index (χ1n) is 6.60. The fraction of sp³-hybridized carbons (Fsp3) is 0.583. The van der Waals surface area contributed by atoms with E-state index in [0.29, 0.717) is 5.69 Å². The molecule has 0 saturated carbocycles. The van der Waals surface area contributed by atoms with Crippen molar-refractivity contribution < 1.29 is 13.2 Å². The first kappa shape index (κ1) is 15.3. The number of nitrogens with two attached hydrogens (primary N) is 1. The average Bonchev–Trinajstić information content (AvgIpc) is 2.87. The largest absolute Gasteiger partial charge is 0.398 e. The Hall–Kier alpha value is -1.12. The third-order valence-corrected chi connectivity index (χ3v) is 6.12. The van der Waals surface area contributed by atoms with Crippen molar-refractivity contribution in [3.05, 3.63) is 11.4 Å². The van der Waals surface area contributed by atoms with Crippen LogP contribution in [0.25, 0.3) is 0 Å². The van der Waals surface area contributed by atoms with E-state index in [9.17, 15) is 13.2 Å². The summed E-state index contributed by atoms with van der Waals surface area (Å²) in [7, 11) is -3.55. The number of likely N-dealkylation sites (tertiary alicyclic amines) is 1. The van der Waals surface area contributed by atoms with Gasteiger partial charge >= 0.3 is 0 Å². The summed E-state index contributed by atoms with van der Waals surface area (Å²) >= 11 is 1.07. The van der Waals surface area contributed by atoms with E-state index in [4.69, 9.17) is 5.73 Å². The Morgan fingerprint density at radius 3 is 2.65 bits per heavy atom. The minimum atomic E-state index is -3.55. The van der Waals surface area contributed by atoms with Crippen LogP contribution in [0.4, 0.5) is 5.69 Å². The number of hydrogen-bond donors (Lipinski definition) is 2. The van der Waals surface area contributed by atoms with Gasteiger partial charge in [-0.3, -0.25) is 4.79 Å². The molecule has 1 aromatic heterocycles. The second-order valence-electron chi connectivity index (χ2n) is 4.79. The predicted octanol–water partition coefficient (Wildman–Crippen LogP) is 1.01. The summed E-state index contributed by atoms with van der Waals surface area (Å²) in [5.41, 5.74) is 5.94. The number of nitrogens with zero attached hydrogens (tertiary/aromatic N) is 1. The molecule has 0 atom stereocenters. The summed E-state index contributed by atoms with van der Waals surface area (Å²) in [6.45, 7) is 1.69. The topological polar surface area (TPSA) is 92.5 Å². The van der Waals surface area contributed by atoms with Crippen molar-refractivity contribution in [3.63, 3.8) is 0 Å². The monoisotopic (exact) mass is 317 g/mol. The molecule has 1 saturated heterocycles. The summed E-state index contributed by atoms with van der Waals surface area (Å²) in [4.78, 5) is 13.7. The molecule has 2 rings (SSSR count). The minimum Gasteiger partial charge on any atom is -0.398 e. The lowest BCUT2D eigenvalue weighted by atomic mass is 10.1. The maximum atomic E-state index is 11.9. The third kappa shape index (κ3) is 3.94. The highest BCUT2D eigenvalue weighted by Gasteiger charge is 2.19. The van der Waals surface area contributed by atoms with E-state index in [1.54, 1.807) is 10.3 Å². The number of sulfonamides is 1. The molecule has 6 nitrogen and oxygen atoms in total. The molecule has 0 unspecified atom stereocenters. The van der Waals surface area contributed by atoms with E-state index in [1.807, 2.05) is 0 Å². The van der Waals surface area contributed by atoms with Gasteiger partial charge in [0.25, 0.3) is 0 Å². The molecule has 1 aliphatic rings. The van der Waals surface area contributed by atoms with E-state index in [0.717, 1.165) is 43.7 Å². The molecule has 0 aromatic carbocycles. The van der Waals surface area contributed by atoms with Crippen LogP contribution in [0.5, 0.6) is 0 Å². The molecule has 0 bridgehead atoms. The highest BCUT2D eigenvalue weighted by atomic mass is 32.2. The predicted molar refractivity (Wildman–Crippen MR) is 79.0 cm³/mol. The van der Waals surface area contributed by atoms with Crippen LogP contribution in [0, 0.1) is 0 Å². The van der Waals surface area contributed by atoms with Crippen LogP contribution in [0.3, 0.4) is 0 Å². The second kappa shape index (κ2) is 6.55. The van der Waals surface area contributed by atoms with E-state index < -0.39 is 10.0 Å². The van der Waals surface area contributed by atoms with Crippen molar-refractivity contribution in [1.29, 1.82) is 0 Å². The highest BCUT2D eigenvalue weighted by molar-refractivity contribution is 7.91. The molecular weight excluding hydrogens is 298 g/mol. The van der Waals surface area contributed by atoms with Gasteiger partial charge in [-0.15, -0.1) is 11.3 Å². The number of carbonyl (C=O) groups excluding carboxylic acids is 1. The molecule has 0 radical (unpaired) electrons. The summed E-state index contributed by atoms with van der Waals surface area (Å²) < 4.78 is 26.5. The smallest absolute Gasteiger partial charge is 0.250 e. The molecule has 1 aliphatic heterocycles. The molecule has 1 amide bonds. The second-order valence-corrected chi connectivity index (χ2v) is 7.69. The third-order valence-electron chi connectivity index (χ3n) is 3.20. The lowest BCUT2D eigenvalue weighted by molar-refractivity contribution is -0.131. The molecule has 112 valence electrons. The maximum Gasteiger partial charge on any atom is 0.250 e. The van der Waals surface area contributed by atoms with Crippen molar-refractivity contribution in [2.75, 3.05) is 25.4 Å². The van der Waals surface area contributed by atoms with Gasteiger partial charge < -0.3 is 10.6 Å². The summed E-state index contributed by atoms with van der Waals surface area (Å²) in [5.74, 6) is 0.0121. The van der Waals surface area contributed by atoms with Gasteiger partial charge in [-0.25, -0.2) is 13.1 Å². The van der Waals surface area contributed by atoms with Crippen LogP contribution in [-0.2, 0) is 14.8 Å². The van der Waals surface area contributed by atoms with Crippen molar-refractivity contribution in [1.82, 2.24) is 9.62 Å².